The van der Waals surface area contributed by atoms with E-state index >= 15 is 0 Å². The summed E-state index contributed by atoms with van der Waals surface area (Å²) < 4.78 is 0. The van der Waals surface area contributed by atoms with Crippen LogP contribution in [0.5, 0.6) is 0 Å². The number of imidazole rings is 1. The minimum Gasteiger partial charge on any atom is -0.337 e. The van der Waals surface area contributed by atoms with E-state index in [9.17, 15) is 0 Å². The molecule has 17 heavy (non-hydrogen) atoms. The van der Waals surface area contributed by atoms with Crippen LogP contribution in [0.15, 0.2) is 18.2 Å². The molecule has 86 valence electrons. The van der Waals surface area contributed by atoms with Crippen LogP contribution in [0, 0.1) is 20.8 Å². The smallest absolute Gasteiger partial charge is 0.159 e. The molecule has 0 fully saturated rings. The fourth-order valence-corrected chi connectivity index (χ4v) is 1.93. The molecule has 0 bridgehead atoms. The van der Waals surface area contributed by atoms with Crippen LogP contribution in [0.4, 0.5) is 0 Å². The summed E-state index contributed by atoms with van der Waals surface area (Å²) in [6.45, 7) is 6.18. The van der Waals surface area contributed by atoms with E-state index in [1.54, 1.807) is 0 Å². The lowest BCUT2D eigenvalue weighted by Crippen LogP contribution is -1.79. The Morgan fingerprint density at radius 1 is 1.00 bits per heavy atom. The van der Waals surface area contributed by atoms with Gasteiger partial charge in [-0.2, -0.15) is 5.10 Å². The number of nitrogens with zero attached hydrogens (tertiary/aromatic N) is 2. The van der Waals surface area contributed by atoms with Gasteiger partial charge in [0.05, 0.1) is 11.0 Å². The fourth-order valence-electron chi connectivity index (χ4n) is 1.93. The van der Waals surface area contributed by atoms with Crippen LogP contribution >= 0.6 is 0 Å². The van der Waals surface area contributed by atoms with Gasteiger partial charge in [0.2, 0.25) is 0 Å². The van der Waals surface area contributed by atoms with Gasteiger partial charge in [-0.1, -0.05) is 0 Å². The zero-order valence-corrected chi connectivity index (χ0v) is 10.1. The number of hydrogen-bond donors (Lipinski definition) is 2. The van der Waals surface area contributed by atoms with Gasteiger partial charge in [0.25, 0.3) is 0 Å². The van der Waals surface area contributed by atoms with Crippen LogP contribution in [0.2, 0.25) is 0 Å². The molecule has 1 aromatic carbocycles. The minimum absolute atomic E-state index is 0.814. The molecule has 2 heterocycles. The van der Waals surface area contributed by atoms with Crippen molar-refractivity contribution in [1.29, 1.82) is 0 Å². The maximum absolute atomic E-state index is 4.56. The van der Waals surface area contributed by atoms with Crippen molar-refractivity contribution in [2.45, 2.75) is 20.8 Å². The molecule has 0 aliphatic heterocycles. The molecule has 0 unspecified atom stereocenters. The van der Waals surface area contributed by atoms with E-state index in [2.05, 4.69) is 46.1 Å². The van der Waals surface area contributed by atoms with Crippen molar-refractivity contribution >= 4 is 11.0 Å². The summed E-state index contributed by atoms with van der Waals surface area (Å²) in [5, 5.41) is 7.13. The van der Waals surface area contributed by atoms with Gasteiger partial charge in [-0.3, -0.25) is 5.10 Å². The highest BCUT2D eigenvalue weighted by Crippen LogP contribution is 2.21. The van der Waals surface area contributed by atoms with Crippen molar-refractivity contribution in [3.63, 3.8) is 0 Å². The van der Waals surface area contributed by atoms with E-state index in [-0.39, 0.29) is 0 Å². The normalized spacial score (nSPS) is 11.2. The molecular weight excluding hydrogens is 212 g/mol. The molecule has 0 atom stereocenters. The van der Waals surface area contributed by atoms with Crippen molar-refractivity contribution in [1.82, 2.24) is 20.2 Å². The Bertz CT molecular complexity index is 652. The quantitative estimate of drug-likeness (QED) is 0.670. The second-order valence-corrected chi connectivity index (χ2v) is 4.48. The van der Waals surface area contributed by atoms with Crippen molar-refractivity contribution in [3.8, 4) is 11.5 Å². The second-order valence-electron chi connectivity index (χ2n) is 4.48. The van der Waals surface area contributed by atoms with E-state index in [0.717, 1.165) is 28.2 Å². The third-order valence-electron chi connectivity index (χ3n) is 3.05. The number of nitrogens with one attached hydrogen (secondary N) is 2. The molecule has 0 spiro atoms. The molecule has 3 aromatic rings. The predicted molar refractivity (Wildman–Crippen MR) is 67.9 cm³/mol. The molecule has 4 heteroatoms. The standard InChI is InChI=1S/C13H14N4/c1-7-4-10-11(5-8(7)2)15-13(14-10)12-6-9(3)16-17-12/h4-6H,1-3H3,(H,14,15)(H,16,17). The molecule has 0 aliphatic carbocycles. The molecular formula is C13H14N4. The number of aromatic amines is 2. The summed E-state index contributed by atoms with van der Waals surface area (Å²) in [7, 11) is 0. The molecule has 0 aliphatic rings. The first-order valence-corrected chi connectivity index (χ1v) is 5.63. The van der Waals surface area contributed by atoms with Crippen LogP contribution in [0.1, 0.15) is 16.8 Å². The average molecular weight is 226 g/mol. The highest BCUT2D eigenvalue weighted by Gasteiger charge is 2.08. The monoisotopic (exact) mass is 226 g/mol. The Kier molecular flexibility index (Phi) is 2.04. The highest BCUT2D eigenvalue weighted by molar-refractivity contribution is 5.80. The van der Waals surface area contributed by atoms with Gasteiger partial charge in [0.1, 0.15) is 5.69 Å². The molecule has 2 aromatic heterocycles. The van der Waals surface area contributed by atoms with Gasteiger partial charge in [0.15, 0.2) is 5.82 Å². The van der Waals surface area contributed by atoms with Crippen molar-refractivity contribution in [2.24, 2.45) is 0 Å². The summed E-state index contributed by atoms with van der Waals surface area (Å²) in [6.07, 6.45) is 0. The number of rotatable bonds is 1. The summed E-state index contributed by atoms with van der Waals surface area (Å²) in [5.41, 5.74) is 6.47. The average Bonchev–Trinajstić information content (AvgIpc) is 2.85. The second kappa shape index (κ2) is 3.45. The number of H-pyrrole nitrogens is 2. The molecule has 0 saturated heterocycles. The fraction of sp³-hybridized carbons (Fsp3) is 0.231. The molecule has 0 radical (unpaired) electrons. The summed E-state index contributed by atoms with van der Waals surface area (Å²) in [4.78, 5) is 7.86. The third-order valence-corrected chi connectivity index (χ3v) is 3.05. The summed E-state index contributed by atoms with van der Waals surface area (Å²) >= 11 is 0. The Balaban J connectivity index is 2.19. The number of fused-ring (bicyclic) bond motifs is 1. The van der Waals surface area contributed by atoms with Crippen LogP contribution in [-0.4, -0.2) is 20.2 Å². The molecule has 0 saturated carbocycles. The van der Waals surface area contributed by atoms with Gasteiger partial charge in [-0.05, 0) is 50.1 Å². The van der Waals surface area contributed by atoms with Gasteiger partial charge in [0, 0.05) is 5.69 Å². The van der Waals surface area contributed by atoms with Crippen molar-refractivity contribution in [3.05, 3.63) is 35.0 Å². The maximum Gasteiger partial charge on any atom is 0.159 e. The SMILES string of the molecule is Cc1cc(-c2nc3cc(C)c(C)cc3[nH]2)n[nH]1. The van der Waals surface area contributed by atoms with E-state index in [1.165, 1.54) is 11.1 Å². The number of benzene rings is 1. The highest BCUT2D eigenvalue weighted by atomic mass is 15.1. The molecule has 0 amide bonds. The van der Waals surface area contributed by atoms with Gasteiger partial charge < -0.3 is 4.98 Å². The van der Waals surface area contributed by atoms with Gasteiger partial charge in [-0.25, -0.2) is 4.98 Å². The Morgan fingerprint density at radius 3 is 2.47 bits per heavy atom. The Morgan fingerprint density at radius 2 is 1.76 bits per heavy atom. The van der Waals surface area contributed by atoms with Crippen molar-refractivity contribution in [2.75, 3.05) is 0 Å². The first kappa shape index (κ1) is 10.1. The zero-order valence-electron chi connectivity index (χ0n) is 10.1. The van der Waals surface area contributed by atoms with Crippen LogP contribution in [0.3, 0.4) is 0 Å². The number of hydrogen-bond acceptors (Lipinski definition) is 2. The van der Waals surface area contributed by atoms with Crippen LogP contribution < -0.4 is 0 Å². The number of aryl methyl sites for hydroxylation is 3. The van der Waals surface area contributed by atoms with E-state index in [0.29, 0.717) is 0 Å². The van der Waals surface area contributed by atoms with E-state index < -0.39 is 0 Å². The first-order chi connectivity index (χ1) is 8.13. The predicted octanol–water partition coefficient (Wildman–Crippen LogP) is 2.88. The van der Waals surface area contributed by atoms with Crippen molar-refractivity contribution < 1.29 is 0 Å². The summed E-state index contributed by atoms with van der Waals surface area (Å²) in [6, 6.07) is 6.21. The number of aromatic nitrogens is 4. The largest absolute Gasteiger partial charge is 0.337 e. The minimum atomic E-state index is 0.814. The lowest BCUT2D eigenvalue weighted by molar-refractivity contribution is 1.04. The lowest BCUT2D eigenvalue weighted by Gasteiger charge is -1.97. The van der Waals surface area contributed by atoms with Gasteiger partial charge >= 0.3 is 0 Å². The van der Waals surface area contributed by atoms with E-state index in [1.807, 2.05) is 13.0 Å². The lowest BCUT2D eigenvalue weighted by atomic mass is 10.1. The van der Waals surface area contributed by atoms with E-state index in [4.69, 9.17) is 0 Å². The van der Waals surface area contributed by atoms with Crippen LogP contribution in [-0.2, 0) is 0 Å². The topological polar surface area (TPSA) is 57.4 Å². The first-order valence-electron chi connectivity index (χ1n) is 5.63. The Hall–Kier alpha value is -2.10. The molecule has 3 rings (SSSR count). The van der Waals surface area contributed by atoms with Crippen LogP contribution in [0.25, 0.3) is 22.6 Å². The molecule has 4 nitrogen and oxygen atoms in total. The molecule has 2 N–H and O–H groups in total. The zero-order chi connectivity index (χ0) is 12.0. The maximum atomic E-state index is 4.56. The Labute approximate surface area is 99.1 Å². The summed E-state index contributed by atoms with van der Waals surface area (Å²) in [5.74, 6) is 0.814. The van der Waals surface area contributed by atoms with Gasteiger partial charge in [-0.15, -0.1) is 0 Å². The third kappa shape index (κ3) is 1.62.